The van der Waals surface area contributed by atoms with E-state index in [1.807, 2.05) is 36.6 Å². The van der Waals surface area contributed by atoms with Crippen LogP contribution in [0.5, 0.6) is 5.75 Å². The van der Waals surface area contributed by atoms with E-state index in [0.717, 1.165) is 24.2 Å². The molecular formula is C20H22N2O2S. The Balaban J connectivity index is 2.19. The van der Waals surface area contributed by atoms with E-state index >= 15 is 0 Å². The molecule has 0 spiro atoms. The van der Waals surface area contributed by atoms with E-state index < -0.39 is 0 Å². The van der Waals surface area contributed by atoms with E-state index in [4.69, 9.17) is 0 Å². The highest BCUT2D eigenvalue weighted by molar-refractivity contribution is 7.96. The lowest BCUT2D eigenvalue weighted by Crippen LogP contribution is -2.30. The van der Waals surface area contributed by atoms with Crippen LogP contribution in [0, 0.1) is 0 Å². The van der Waals surface area contributed by atoms with Gasteiger partial charge in [0.2, 0.25) is 4.90 Å². The van der Waals surface area contributed by atoms with Crippen molar-refractivity contribution in [2.24, 2.45) is 0 Å². The van der Waals surface area contributed by atoms with Crippen molar-refractivity contribution in [2.45, 2.75) is 31.2 Å². The standard InChI is InChI=1S/C20H22N2O2S/c1-3-4-13-25(2)18-17(23)16-11-8-12-21-19(16)22(20(18)24)14-15-9-6-5-7-10-15/h5-12H,3-4,13-14H2,1-2H3. The number of aromatic nitrogens is 2. The Labute approximate surface area is 150 Å². The molecular weight excluding hydrogens is 332 g/mol. The molecule has 5 heteroatoms. The van der Waals surface area contributed by atoms with E-state index in [9.17, 15) is 9.90 Å². The van der Waals surface area contributed by atoms with Crippen LogP contribution in [-0.4, -0.2) is 21.6 Å². The van der Waals surface area contributed by atoms with Crippen molar-refractivity contribution in [3.8, 4) is 5.75 Å². The molecule has 0 aliphatic carbocycles. The van der Waals surface area contributed by atoms with Gasteiger partial charge >= 0.3 is 5.56 Å². The van der Waals surface area contributed by atoms with Crippen LogP contribution in [0.1, 0.15) is 25.3 Å². The van der Waals surface area contributed by atoms with Gasteiger partial charge in [-0.05, 0) is 23.8 Å². The third-order valence-electron chi connectivity index (χ3n) is 4.27. The van der Waals surface area contributed by atoms with Crippen molar-refractivity contribution in [3.63, 3.8) is 0 Å². The Kier molecular flexibility index (Phi) is 5.43. The maximum Gasteiger partial charge on any atom is 0.307 e. The van der Waals surface area contributed by atoms with E-state index in [0.29, 0.717) is 22.5 Å². The van der Waals surface area contributed by atoms with E-state index in [1.54, 1.807) is 22.9 Å². The summed E-state index contributed by atoms with van der Waals surface area (Å²) in [6.45, 7) is 2.54. The third kappa shape index (κ3) is 3.56. The van der Waals surface area contributed by atoms with E-state index in [1.165, 1.54) is 0 Å². The maximum absolute atomic E-state index is 13.1. The van der Waals surface area contributed by atoms with Gasteiger partial charge in [-0.25, -0.2) is 4.98 Å². The van der Waals surface area contributed by atoms with Crippen molar-refractivity contribution < 1.29 is 5.11 Å². The van der Waals surface area contributed by atoms with Gasteiger partial charge in [-0.15, -0.1) is 0 Å². The van der Waals surface area contributed by atoms with Gasteiger partial charge in [0.25, 0.3) is 0 Å². The van der Waals surface area contributed by atoms with Gasteiger partial charge in [-0.2, -0.15) is 0 Å². The Morgan fingerprint density at radius 1 is 1.16 bits per heavy atom. The fourth-order valence-corrected chi connectivity index (χ4v) is 4.67. The number of nitrogens with zero attached hydrogens (tertiary/aromatic N) is 2. The predicted octanol–water partition coefficient (Wildman–Crippen LogP) is 2.93. The van der Waals surface area contributed by atoms with Crippen LogP contribution in [0.25, 0.3) is 11.0 Å². The SMILES string of the molecule is CCCC[S+](C)c1c([O-])c2cccnc2n(Cc2ccccc2)c1=O. The molecule has 0 bridgehead atoms. The van der Waals surface area contributed by atoms with Gasteiger partial charge in [0, 0.05) is 22.5 Å². The molecule has 4 nitrogen and oxygen atoms in total. The summed E-state index contributed by atoms with van der Waals surface area (Å²) in [5.41, 5.74) is 1.30. The molecule has 2 aromatic heterocycles. The van der Waals surface area contributed by atoms with Crippen LogP contribution in [-0.2, 0) is 17.4 Å². The second kappa shape index (κ2) is 7.74. The highest BCUT2D eigenvalue weighted by atomic mass is 32.2. The Hall–Kier alpha value is -2.27. The first-order valence-corrected chi connectivity index (χ1v) is 10.3. The first kappa shape index (κ1) is 17.5. The van der Waals surface area contributed by atoms with Gasteiger partial charge < -0.3 is 5.11 Å². The number of fused-ring (bicyclic) bond motifs is 1. The topological polar surface area (TPSA) is 58.0 Å². The first-order chi connectivity index (χ1) is 12.1. The largest absolute Gasteiger partial charge is 0.868 e. The fourth-order valence-electron chi connectivity index (χ4n) is 2.91. The lowest BCUT2D eigenvalue weighted by atomic mass is 10.2. The number of hydrogen-bond acceptors (Lipinski definition) is 3. The van der Waals surface area contributed by atoms with Crippen LogP contribution < -0.4 is 10.7 Å². The summed E-state index contributed by atoms with van der Waals surface area (Å²) in [4.78, 5) is 17.9. The normalized spacial score (nSPS) is 12.4. The van der Waals surface area contributed by atoms with Gasteiger partial charge in [0.05, 0.1) is 6.54 Å². The average Bonchev–Trinajstić information content (AvgIpc) is 2.64. The molecule has 130 valence electrons. The molecule has 0 radical (unpaired) electrons. The summed E-state index contributed by atoms with van der Waals surface area (Å²) in [5, 5.41) is 13.4. The average molecular weight is 354 g/mol. The Bertz CT molecular complexity index is 922. The van der Waals surface area contributed by atoms with Crippen LogP contribution in [0.4, 0.5) is 0 Å². The molecule has 0 saturated carbocycles. The molecule has 2 heterocycles. The molecule has 1 atom stereocenters. The second-order valence-corrected chi connectivity index (χ2v) is 8.20. The van der Waals surface area contributed by atoms with Crippen LogP contribution in [0.2, 0.25) is 0 Å². The minimum Gasteiger partial charge on any atom is -0.868 e. The molecule has 0 amide bonds. The Morgan fingerprint density at radius 3 is 2.64 bits per heavy atom. The van der Waals surface area contributed by atoms with Crippen LogP contribution in [0.15, 0.2) is 58.4 Å². The summed E-state index contributed by atoms with van der Waals surface area (Å²) in [6.07, 6.45) is 5.70. The number of benzene rings is 1. The lowest BCUT2D eigenvalue weighted by Gasteiger charge is -2.18. The zero-order chi connectivity index (χ0) is 17.8. The predicted molar refractivity (Wildman–Crippen MR) is 102 cm³/mol. The molecule has 0 N–H and O–H groups in total. The summed E-state index contributed by atoms with van der Waals surface area (Å²) in [6, 6.07) is 13.3. The van der Waals surface area contributed by atoms with Crippen LogP contribution in [0.3, 0.4) is 0 Å². The molecule has 0 fully saturated rings. The van der Waals surface area contributed by atoms with Gasteiger partial charge in [0.1, 0.15) is 17.7 Å². The minimum atomic E-state index is -0.354. The number of hydrogen-bond donors (Lipinski definition) is 0. The summed E-state index contributed by atoms with van der Waals surface area (Å²) in [7, 11) is -0.354. The first-order valence-electron chi connectivity index (χ1n) is 8.48. The minimum absolute atomic E-state index is 0.153. The van der Waals surface area contributed by atoms with Crippen molar-refractivity contribution >= 4 is 21.9 Å². The van der Waals surface area contributed by atoms with Gasteiger partial charge in [-0.3, -0.25) is 9.36 Å². The van der Waals surface area contributed by atoms with Gasteiger partial charge in [-0.1, -0.05) is 49.7 Å². The second-order valence-electron chi connectivity index (χ2n) is 6.10. The number of unbranched alkanes of at least 4 members (excludes halogenated alkanes) is 1. The summed E-state index contributed by atoms with van der Waals surface area (Å²) >= 11 is 0. The molecule has 0 saturated heterocycles. The molecule has 0 aliphatic heterocycles. The number of pyridine rings is 2. The molecule has 3 aromatic rings. The fraction of sp³-hybridized carbons (Fsp3) is 0.300. The van der Waals surface area contributed by atoms with E-state index in [2.05, 4.69) is 11.9 Å². The quantitative estimate of drug-likeness (QED) is 0.640. The maximum atomic E-state index is 13.1. The molecule has 3 rings (SSSR count). The zero-order valence-corrected chi connectivity index (χ0v) is 15.4. The van der Waals surface area contributed by atoms with Crippen molar-refractivity contribution in [2.75, 3.05) is 12.0 Å². The highest BCUT2D eigenvalue weighted by Gasteiger charge is 2.24. The van der Waals surface area contributed by atoms with Crippen molar-refractivity contribution in [1.29, 1.82) is 0 Å². The summed E-state index contributed by atoms with van der Waals surface area (Å²) in [5.74, 6) is 0.720. The van der Waals surface area contributed by atoms with E-state index in [-0.39, 0.29) is 22.2 Å². The molecule has 25 heavy (non-hydrogen) atoms. The van der Waals surface area contributed by atoms with Crippen molar-refractivity contribution in [1.82, 2.24) is 9.55 Å². The Morgan fingerprint density at radius 2 is 1.92 bits per heavy atom. The third-order valence-corrected chi connectivity index (χ3v) is 6.23. The molecule has 1 unspecified atom stereocenters. The van der Waals surface area contributed by atoms with Gasteiger partial charge in [0.15, 0.2) is 0 Å². The monoisotopic (exact) mass is 354 g/mol. The molecule has 0 aliphatic rings. The summed E-state index contributed by atoms with van der Waals surface area (Å²) < 4.78 is 1.65. The van der Waals surface area contributed by atoms with Crippen molar-refractivity contribution in [3.05, 3.63) is 64.6 Å². The highest BCUT2D eigenvalue weighted by Crippen LogP contribution is 2.27. The van der Waals surface area contributed by atoms with Crippen LogP contribution >= 0.6 is 0 Å². The smallest absolute Gasteiger partial charge is 0.307 e. The number of rotatable bonds is 6. The molecule has 1 aromatic carbocycles. The zero-order valence-electron chi connectivity index (χ0n) is 14.6. The lowest BCUT2D eigenvalue weighted by molar-refractivity contribution is -0.270.